The van der Waals surface area contributed by atoms with E-state index < -0.39 is 21.8 Å². The van der Waals surface area contributed by atoms with Gasteiger partial charge in [0.1, 0.15) is 0 Å². The molecule has 1 heterocycles. The fraction of sp³-hybridized carbons (Fsp3) is 0.240. The van der Waals surface area contributed by atoms with Crippen molar-refractivity contribution in [2.75, 3.05) is 16.9 Å². The van der Waals surface area contributed by atoms with E-state index in [0.29, 0.717) is 35.3 Å². The minimum Gasteiger partial charge on any atom is -0.322 e. The van der Waals surface area contributed by atoms with Crippen molar-refractivity contribution in [3.63, 3.8) is 0 Å². The van der Waals surface area contributed by atoms with E-state index in [2.05, 4.69) is 22.0 Å². The fourth-order valence-corrected chi connectivity index (χ4v) is 5.22. The third kappa shape index (κ3) is 5.67. The molecular formula is C25H26N4O5S. The highest BCUT2D eigenvalue weighted by Gasteiger charge is 2.42. The Hall–Kier alpha value is -3.76. The van der Waals surface area contributed by atoms with E-state index in [1.165, 1.54) is 11.1 Å². The van der Waals surface area contributed by atoms with E-state index in [1.54, 1.807) is 48.5 Å². The maximum absolute atomic E-state index is 13.0. The Labute approximate surface area is 203 Å². The van der Waals surface area contributed by atoms with Crippen LogP contribution in [0, 0.1) is 11.8 Å². The average molecular weight is 495 g/mol. The number of sulfonamides is 1. The van der Waals surface area contributed by atoms with Crippen LogP contribution in [0.25, 0.3) is 0 Å². The zero-order valence-electron chi connectivity index (χ0n) is 18.9. The molecule has 3 amide bonds. The van der Waals surface area contributed by atoms with Crippen LogP contribution in [0.2, 0.25) is 0 Å². The van der Waals surface area contributed by atoms with Gasteiger partial charge in [0.25, 0.3) is 5.91 Å². The van der Waals surface area contributed by atoms with Crippen molar-refractivity contribution >= 4 is 39.1 Å². The predicted octanol–water partition coefficient (Wildman–Crippen LogP) is 2.50. The molecule has 0 aromatic heterocycles. The minimum absolute atomic E-state index is 0.153. The van der Waals surface area contributed by atoms with E-state index in [-0.39, 0.29) is 30.0 Å². The van der Waals surface area contributed by atoms with E-state index in [1.807, 2.05) is 12.2 Å². The lowest BCUT2D eigenvalue weighted by molar-refractivity contribution is -0.139. The van der Waals surface area contributed by atoms with Crippen molar-refractivity contribution < 1.29 is 22.8 Å². The molecule has 1 aliphatic heterocycles. The Kier molecular flexibility index (Phi) is 7.13. The first-order valence-electron chi connectivity index (χ1n) is 11.2. The number of hydrogen-bond acceptors (Lipinski definition) is 5. The predicted molar refractivity (Wildman–Crippen MR) is 133 cm³/mol. The molecular weight excluding hydrogens is 468 g/mol. The molecule has 10 heteroatoms. The first kappa shape index (κ1) is 24.4. The number of benzene rings is 2. The average Bonchev–Trinajstić information content (AvgIpc) is 2.86. The van der Waals surface area contributed by atoms with Crippen LogP contribution >= 0.6 is 0 Å². The number of fused-ring (bicyclic) bond motifs is 1. The molecule has 0 bridgehead atoms. The number of hydrogen-bond donors (Lipinski definition) is 3. The third-order valence-corrected chi connectivity index (χ3v) is 7.23. The summed E-state index contributed by atoms with van der Waals surface area (Å²) in [5, 5.41) is 3.98. The quantitative estimate of drug-likeness (QED) is 0.487. The Morgan fingerprint density at radius 3 is 2.51 bits per heavy atom. The smallest absolute Gasteiger partial charge is 0.255 e. The molecule has 2 unspecified atom stereocenters. The first-order valence-corrected chi connectivity index (χ1v) is 12.8. The molecule has 4 rings (SSSR count). The second-order valence-corrected chi connectivity index (χ2v) is 10.2. The topological polar surface area (TPSA) is 125 Å². The summed E-state index contributed by atoms with van der Waals surface area (Å²) in [5.74, 6) is -1.80. The van der Waals surface area contributed by atoms with Crippen LogP contribution in [-0.4, -0.2) is 32.7 Å². The molecule has 1 saturated heterocycles. The van der Waals surface area contributed by atoms with Gasteiger partial charge in [0.15, 0.2) is 0 Å². The van der Waals surface area contributed by atoms with Gasteiger partial charge in [0.05, 0.1) is 23.3 Å². The van der Waals surface area contributed by atoms with E-state index in [4.69, 9.17) is 0 Å². The molecule has 0 saturated carbocycles. The summed E-state index contributed by atoms with van der Waals surface area (Å²) in [5.41, 5.74) is 4.41. The number of carbonyl (C=O) groups excluding carboxylic acids is 3. The minimum atomic E-state index is -3.48. The largest absolute Gasteiger partial charge is 0.322 e. The molecule has 2 aromatic carbocycles. The molecule has 2 aliphatic rings. The summed E-state index contributed by atoms with van der Waals surface area (Å²) in [6.45, 7) is 3.64. The van der Waals surface area contributed by atoms with Gasteiger partial charge in [-0.05, 0) is 48.7 Å². The van der Waals surface area contributed by atoms with Crippen molar-refractivity contribution in [1.82, 2.24) is 10.1 Å². The first-order chi connectivity index (χ1) is 16.8. The van der Waals surface area contributed by atoms with Crippen LogP contribution in [0.4, 0.5) is 11.4 Å². The van der Waals surface area contributed by atoms with Gasteiger partial charge in [-0.25, -0.2) is 18.1 Å². The molecule has 182 valence electrons. The van der Waals surface area contributed by atoms with Crippen LogP contribution in [0.5, 0.6) is 0 Å². The number of allylic oxidation sites excluding steroid dienone is 2. The number of anilines is 2. The summed E-state index contributed by atoms with van der Waals surface area (Å²) in [6.07, 6.45) is 6.34. The number of rotatable bonds is 8. The molecule has 0 spiro atoms. The number of hydrazine groups is 1. The van der Waals surface area contributed by atoms with Crippen LogP contribution < -0.4 is 20.5 Å². The highest BCUT2D eigenvalue weighted by molar-refractivity contribution is 7.88. The molecule has 9 nitrogen and oxygen atoms in total. The molecule has 2 aromatic rings. The van der Waals surface area contributed by atoms with E-state index >= 15 is 0 Å². The van der Waals surface area contributed by atoms with Gasteiger partial charge in [0, 0.05) is 17.8 Å². The van der Waals surface area contributed by atoms with Crippen molar-refractivity contribution in [1.29, 1.82) is 0 Å². The Bertz CT molecular complexity index is 1290. The standard InChI is InChI=1S/C25H26N4O5S/c1-2-14-26-35(33,34)16-17-10-12-19(13-11-17)27-23(30)18-6-5-7-20(15-18)29-25(32)22-9-4-3-8-21(22)24(31)28-29/h2-7,10-13,15,21-22,26H,1,8-9,14,16H2,(H,27,30)(H,28,31). The van der Waals surface area contributed by atoms with Crippen LogP contribution in [0.1, 0.15) is 28.8 Å². The summed E-state index contributed by atoms with van der Waals surface area (Å²) >= 11 is 0. The van der Waals surface area contributed by atoms with E-state index in [0.717, 1.165) is 0 Å². The molecule has 1 aliphatic carbocycles. The molecule has 3 N–H and O–H groups in total. The summed E-state index contributed by atoms with van der Waals surface area (Å²) in [7, 11) is -3.48. The number of nitrogens with zero attached hydrogens (tertiary/aromatic N) is 1. The molecule has 2 atom stereocenters. The Morgan fingerprint density at radius 1 is 1.09 bits per heavy atom. The number of amides is 3. The summed E-state index contributed by atoms with van der Waals surface area (Å²) < 4.78 is 26.4. The lowest BCUT2D eigenvalue weighted by atomic mass is 9.80. The zero-order valence-corrected chi connectivity index (χ0v) is 19.8. The SMILES string of the molecule is C=CCNS(=O)(=O)Cc1ccc(NC(=O)c2cccc(N3NC(=O)C4CC=CCC4C3=O)c2)cc1. The fourth-order valence-electron chi connectivity index (χ4n) is 4.11. The van der Waals surface area contributed by atoms with Gasteiger partial charge >= 0.3 is 0 Å². The number of nitrogens with one attached hydrogen (secondary N) is 3. The Morgan fingerprint density at radius 2 is 1.80 bits per heavy atom. The van der Waals surface area contributed by atoms with Crippen molar-refractivity contribution in [3.8, 4) is 0 Å². The zero-order chi connectivity index (χ0) is 25.0. The van der Waals surface area contributed by atoms with Gasteiger partial charge in [-0.2, -0.15) is 0 Å². The summed E-state index contributed by atoms with van der Waals surface area (Å²) in [6, 6.07) is 12.9. The van der Waals surface area contributed by atoms with Gasteiger partial charge in [-0.15, -0.1) is 6.58 Å². The second kappa shape index (κ2) is 10.2. The third-order valence-electron chi connectivity index (χ3n) is 5.91. The van der Waals surface area contributed by atoms with Crippen LogP contribution in [0.15, 0.2) is 73.3 Å². The van der Waals surface area contributed by atoms with Gasteiger partial charge in [-0.3, -0.25) is 19.8 Å². The molecule has 35 heavy (non-hydrogen) atoms. The maximum atomic E-state index is 13.0. The normalized spacial score (nSPS) is 19.6. The Balaban J connectivity index is 1.44. The molecule has 1 fully saturated rings. The highest BCUT2D eigenvalue weighted by Crippen LogP contribution is 2.32. The number of carbonyl (C=O) groups is 3. The van der Waals surface area contributed by atoms with Crippen molar-refractivity contribution in [3.05, 3.63) is 84.5 Å². The highest BCUT2D eigenvalue weighted by atomic mass is 32.2. The summed E-state index contributed by atoms with van der Waals surface area (Å²) in [4.78, 5) is 38.3. The van der Waals surface area contributed by atoms with Crippen molar-refractivity contribution in [2.24, 2.45) is 11.8 Å². The maximum Gasteiger partial charge on any atom is 0.255 e. The van der Waals surface area contributed by atoms with Crippen molar-refractivity contribution in [2.45, 2.75) is 18.6 Å². The van der Waals surface area contributed by atoms with Crippen LogP contribution in [-0.2, 0) is 25.4 Å². The lowest BCUT2D eigenvalue weighted by Crippen LogP contribution is -2.59. The molecule has 0 radical (unpaired) electrons. The van der Waals surface area contributed by atoms with Crippen LogP contribution in [0.3, 0.4) is 0 Å². The van der Waals surface area contributed by atoms with Gasteiger partial charge < -0.3 is 5.32 Å². The lowest BCUT2D eigenvalue weighted by Gasteiger charge is -2.38. The van der Waals surface area contributed by atoms with Gasteiger partial charge in [0.2, 0.25) is 21.8 Å². The monoisotopic (exact) mass is 494 g/mol. The second-order valence-electron chi connectivity index (χ2n) is 8.40. The van der Waals surface area contributed by atoms with E-state index in [9.17, 15) is 22.8 Å². The van der Waals surface area contributed by atoms with Gasteiger partial charge in [-0.1, -0.05) is 36.4 Å².